The van der Waals surface area contributed by atoms with Crippen molar-refractivity contribution in [3.8, 4) is 0 Å². The van der Waals surface area contributed by atoms with Gasteiger partial charge in [0.25, 0.3) is 13.4 Å². The quantitative estimate of drug-likeness (QED) is 0.385. The smallest absolute Gasteiger partial charge is 0.280 e. The van der Waals surface area contributed by atoms with Crippen LogP contribution in [0.15, 0.2) is 11.1 Å². The summed E-state index contributed by atoms with van der Waals surface area (Å²) in [5, 5.41) is 10.0. The average molecular weight is 424 g/mol. The first-order chi connectivity index (χ1) is 12.5. The standard InChI is InChI=1S/C10H15N5O10P2/c11-10-13-8-7(9(17)14-10)12-3-15(8)6-1-4(16)5(24-6)2-23-27(21,22)25-26(18,19)20/h3-6,16H,1-2H2,(H,21,22)(H2,18,19,20)(H3,11,13,14,17)/p-3/t4-,5+,6+/m0/s1. The highest BCUT2D eigenvalue weighted by molar-refractivity contribution is 7.58. The van der Waals surface area contributed by atoms with Gasteiger partial charge in [-0.3, -0.25) is 23.2 Å². The van der Waals surface area contributed by atoms with E-state index in [1.807, 2.05) is 0 Å². The molecule has 15 nitrogen and oxygen atoms in total. The van der Waals surface area contributed by atoms with Gasteiger partial charge in [0.05, 0.1) is 26.9 Å². The van der Waals surface area contributed by atoms with E-state index in [4.69, 9.17) is 10.5 Å². The van der Waals surface area contributed by atoms with Gasteiger partial charge in [0.15, 0.2) is 11.2 Å². The number of aromatic amines is 1. The summed E-state index contributed by atoms with van der Waals surface area (Å²) < 4.78 is 35.9. The summed E-state index contributed by atoms with van der Waals surface area (Å²) in [6.45, 7) is -0.818. The Hall–Kier alpha value is -1.67. The van der Waals surface area contributed by atoms with Crippen LogP contribution in [0, 0.1) is 0 Å². The fourth-order valence-electron chi connectivity index (χ4n) is 2.50. The third-order valence-electron chi connectivity index (χ3n) is 3.56. The zero-order chi connectivity index (χ0) is 20.0. The molecule has 1 aliphatic rings. The maximum absolute atomic E-state index is 11.8. The van der Waals surface area contributed by atoms with Crippen LogP contribution in [0.1, 0.15) is 12.6 Å². The van der Waals surface area contributed by atoms with Crippen molar-refractivity contribution in [3.05, 3.63) is 16.7 Å². The van der Waals surface area contributed by atoms with E-state index in [2.05, 4.69) is 23.8 Å². The number of nitrogens with zero attached hydrogens (tertiary/aromatic N) is 3. The molecule has 0 saturated carbocycles. The monoisotopic (exact) mass is 424 g/mol. The van der Waals surface area contributed by atoms with Crippen LogP contribution in [-0.2, 0) is 22.7 Å². The molecule has 27 heavy (non-hydrogen) atoms. The van der Waals surface area contributed by atoms with Crippen LogP contribution in [-0.4, -0.2) is 43.4 Å². The van der Waals surface area contributed by atoms with Gasteiger partial charge in [-0.05, 0) is 0 Å². The minimum Gasteiger partial charge on any atom is -0.790 e. The highest BCUT2D eigenvalue weighted by atomic mass is 31.3. The highest BCUT2D eigenvalue weighted by Crippen LogP contribution is 2.50. The molecule has 4 atom stereocenters. The number of nitrogen functional groups attached to an aromatic ring is 1. The molecule has 0 radical (unpaired) electrons. The zero-order valence-corrected chi connectivity index (χ0v) is 14.9. The Morgan fingerprint density at radius 2 is 2.15 bits per heavy atom. The number of imidazole rings is 1. The van der Waals surface area contributed by atoms with Crippen molar-refractivity contribution in [2.24, 2.45) is 0 Å². The second-order valence-corrected chi connectivity index (χ2v) is 8.18. The molecule has 1 fully saturated rings. The van der Waals surface area contributed by atoms with Crippen molar-refractivity contribution in [1.82, 2.24) is 19.5 Å². The summed E-state index contributed by atoms with van der Waals surface area (Å²) in [4.78, 5) is 53.8. The van der Waals surface area contributed by atoms with E-state index in [0.29, 0.717) is 0 Å². The minimum absolute atomic E-state index is 0.0268. The number of phosphoric ester groups is 1. The van der Waals surface area contributed by atoms with Gasteiger partial charge in [-0.25, -0.2) is 4.98 Å². The van der Waals surface area contributed by atoms with Crippen LogP contribution in [0.3, 0.4) is 0 Å². The van der Waals surface area contributed by atoms with Gasteiger partial charge in [0.2, 0.25) is 5.95 Å². The molecule has 2 aromatic rings. The summed E-state index contributed by atoms with van der Waals surface area (Å²) in [5.74, 6) is -0.170. The number of nitrogens with two attached hydrogens (primary N) is 1. The first-order valence-electron chi connectivity index (χ1n) is 7.20. The van der Waals surface area contributed by atoms with Gasteiger partial charge in [0, 0.05) is 6.42 Å². The molecule has 1 saturated heterocycles. The zero-order valence-electron chi connectivity index (χ0n) is 13.2. The van der Waals surface area contributed by atoms with Crippen molar-refractivity contribution in [3.63, 3.8) is 0 Å². The fraction of sp³-hybridized carbons (Fsp3) is 0.500. The van der Waals surface area contributed by atoms with E-state index in [1.165, 1.54) is 10.9 Å². The number of anilines is 1. The number of hydrogen-bond donors (Lipinski definition) is 3. The van der Waals surface area contributed by atoms with Crippen LogP contribution < -0.4 is 26.0 Å². The topological polar surface area (TPSA) is 241 Å². The summed E-state index contributed by atoms with van der Waals surface area (Å²) in [6.07, 6.45) is -2.17. The molecule has 0 aromatic carbocycles. The van der Waals surface area contributed by atoms with Gasteiger partial charge in [-0.1, -0.05) is 0 Å². The summed E-state index contributed by atoms with van der Waals surface area (Å²) in [7, 11) is -11.3. The first kappa shape index (κ1) is 20.1. The van der Waals surface area contributed by atoms with Crippen molar-refractivity contribution >= 4 is 32.8 Å². The molecule has 2 aromatic heterocycles. The maximum Gasteiger partial charge on any atom is 0.280 e. The van der Waals surface area contributed by atoms with Gasteiger partial charge in [-0.2, -0.15) is 4.98 Å². The molecule has 3 rings (SSSR count). The lowest BCUT2D eigenvalue weighted by molar-refractivity contribution is -0.339. The van der Waals surface area contributed by atoms with Crippen molar-refractivity contribution in [1.29, 1.82) is 0 Å². The van der Waals surface area contributed by atoms with Crippen LogP contribution >= 0.6 is 15.6 Å². The van der Waals surface area contributed by atoms with Crippen LogP contribution in [0.5, 0.6) is 0 Å². The Bertz CT molecular complexity index is 1000. The lowest BCUT2D eigenvalue weighted by atomic mass is 10.2. The molecule has 1 aliphatic heterocycles. The summed E-state index contributed by atoms with van der Waals surface area (Å²) >= 11 is 0. The van der Waals surface area contributed by atoms with Gasteiger partial charge >= 0.3 is 0 Å². The molecule has 0 bridgehead atoms. The van der Waals surface area contributed by atoms with Crippen LogP contribution in [0.25, 0.3) is 11.2 Å². The largest absolute Gasteiger partial charge is 0.790 e. The average Bonchev–Trinajstić information content (AvgIpc) is 3.06. The molecule has 3 heterocycles. The van der Waals surface area contributed by atoms with E-state index in [9.17, 15) is 33.7 Å². The second-order valence-electron chi connectivity index (χ2n) is 5.48. The minimum atomic E-state index is -5.82. The lowest BCUT2D eigenvalue weighted by Gasteiger charge is -2.35. The molecule has 150 valence electrons. The second kappa shape index (κ2) is 7.05. The Balaban J connectivity index is 1.73. The Labute approximate surface area is 149 Å². The highest BCUT2D eigenvalue weighted by Gasteiger charge is 2.37. The number of H-pyrrole nitrogens is 1. The van der Waals surface area contributed by atoms with Crippen LogP contribution in [0.4, 0.5) is 5.95 Å². The van der Waals surface area contributed by atoms with E-state index in [-0.39, 0.29) is 23.5 Å². The number of ether oxygens (including phenoxy) is 1. The number of aliphatic hydroxyl groups excluding tert-OH is 1. The van der Waals surface area contributed by atoms with Crippen molar-refractivity contribution in [2.45, 2.75) is 24.9 Å². The summed E-state index contributed by atoms with van der Waals surface area (Å²) in [6, 6.07) is 0. The van der Waals surface area contributed by atoms with Crippen LogP contribution in [0.2, 0.25) is 0 Å². The molecular weight excluding hydrogens is 412 g/mol. The Morgan fingerprint density at radius 1 is 1.44 bits per heavy atom. The Morgan fingerprint density at radius 3 is 2.81 bits per heavy atom. The molecule has 1 unspecified atom stereocenters. The normalized spacial score (nSPS) is 25.7. The number of fused-ring (bicyclic) bond motifs is 1. The Kier molecular flexibility index (Phi) is 5.24. The summed E-state index contributed by atoms with van der Waals surface area (Å²) in [5.41, 5.74) is 4.94. The molecule has 0 spiro atoms. The number of rotatable bonds is 6. The number of aromatic nitrogens is 4. The fourth-order valence-corrected chi connectivity index (χ4v) is 4.00. The molecule has 0 amide bonds. The molecule has 4 N–H and O–H groups in total. The lowest BCUT2D eigenvalue weighted by Crippen LogP contribution is -2.28. The molecule has 0 aliphatic carbocycles. The number of aliphatic hydroxyl groups is 1. The number of hydrogen-bond acceptors (Lipinski definition) is 13. The third kappa shape index (κ3) is 4.60. The van der Waals surface area contributed by atoms with Gasteiger partial charge in [-0.15, -0.1) is 0 Å². The predicted octanol–water partition coefficient (Wildman–Crippen LogP) is -3.32. The third-order valence-corrected chi connectivity index (χ3v) is 5.63. The number of nitrogens with one attached hydrogen (secondary N) is 1. The van der Waals surface area contributed by atoms with Crippen molar-refractivity contribution in [2.75, 3.05) is 12.3 Å². The number of phosphoric acid groups is 2. The van der Waals surface area contributed by atoms with E-state index >= 15 is 0 Å². The van der Waals surface area contributed by atoms with E-state index in [1.54, 1.807) is 0 Å². The van der Waals surface area contributed by atoms with E-state index in [0.717, 1.165) is 0 Å². The SMILES string of the molecule is Nc1nc2c(ncn2[C@H]2C[C@H](O)[C@@H](COP(=O)([O-])OP(=O)([O-])[O-])O2)c(=O)[nH]1. The first-order valence-corrected chi connectivity index (χ1v) is 10.1. The predicted molar refractivity (Wildman–Crippen MR) is 79.3 cm³/mol. The van der Waals surface area contributed by atoms with Crippen molar-refractivity contribution < 1.29 is 42.5 Å². The van der Waals surface area contributed by atoms with E-state index < -0.39 is 46.2 Å². The van der Waals surface area contributed by atoms with Gasteiger partial charge in [0.1, 0.15) is 12.3 Å². The van der Waals surface area contributed by atoms with Gasteiger partial charge < -0.3 is 39.3 Å². The molecular formula is C10H12N5O10P2-3. The molecule has 17 heteroatoms. The maximum atomic E-state index is 11.8.